The van der Waals surface area contributed by atoms with Gasteiger partial charge in [0.15, 0.2) is 0 Å². The Labute approximate surface area is 118 Å². The van der Waals surface area contributed by atoms with Crippen LogP contribution < -0.4 is 10.6 Å². The van der Waals surface area contributed by atoms with Gasteiger partial charge >= 0.3 is 0 Å². The largest absolute Gasteiger partial charge is 0.384 e. The normalized spacial score (nSPS) is 10.4. The van der Waals surface area contributed by atoms with E-state index in [1.54, 1.807) is 0 Å². The SMILES string of the molecule is CCNc1cncc(Nc2ccc3ccccc3c2)c1. The van der Waals surface area contributed by atoms with Crippen LogP contribution in [0.4, 0.5) is 17.1 Å². The van der Waals surface area contributed by atoms with Gasteiger partial charge < -0.3 is 10.6 Å². The Balaban J connectivity index is 1.87. The molecule has 3 rings (SSSR count). The molecule has 20 heavy (non-hydrogen) atoms. The lowest BCUT2D eigenvalue weighted by Crippen LogP contribution is -1.98. The van der Waals surface area contributed by atoms with Gasteiger partial charge in [-0.15, -0.1) is 0 Å². The molecule has 100 valence electrons. The molecule has 1 aromatic heterocycles. The summed E-state index contributed by atoms with van der Waals surface area (Å²) < 4.78 is 0. The molecule has 3 nitrogen and oxygen atoms in total. The molecule has 0 spiro atoms. The zero-order valence-corrected chi connectivity index (χ0v) is 11.4. The maximum atomic E-state index is 4.24. The molecule has 2 N–H and O–H groups in total. The Kier molecular flexibility index (Phi) is 3.50. The molecule has 0 saturated heterocycles. The average molecular weight is 263 g/mol. The van der Waals surface area contributed by atoms with Gasteiger partial charge in [-0.05, 0) is 35.9 Å². The van der Waals surface area contributed by atoms with Crippen LogP contribution in [0, 0.1) is 0 Å². The van der Waals surface area contributed by atoms with Crippen molar-refractivity contribution in [3.63, 3.8) is 0 Å². The van der Waals surface area contributed by atoms with E-state index in [2.05, 4.69) is 71.1 Å². The van der Waals surface area contributed by atoms with Crippen LogP contribution in [0.25, 0.3) is 10.8 Å². The molecular formula is C17H17N3. The summed E-state index contributed by atoms with van der Waals surface area (Å²) in [6, 6.07) is 16.8. The summed E-state index contributed by atoms with van der Waals surface area (Å²) in [4.78, 5) is 4.24. The predicted octanol–water partition coefficient (Wildman–Crippen LogP) is 4.41. The number of nitrogens with one attached hydrogen (secondary N) is 2. The van der Waals surface area contributed by atoms with E-state index in [4.69, 9.17) is 0 Å². The Morgan fingerprint density at radius 3 is 2.50 bits per heavy atom. The Morgan fingerprint density at radius 2 is 1.65 bits per heavy atom. The number of hydrogen-bond acceptors (Lipinski definition) is 3. The molecule has 0 saturated carbocycles. The summed E-state index contributed by atoms with van der Waals surface area (Å²) in [6.07, 6.45) is 3.66. The highest BCUT2D eigenvalue weighted by Crippen LogP contribution is 2.23. The van der Waals surface area contributed by atoms with Gasteiger partial charge in [0.25, 0.3) is 0 Å². The first-order chi connectivity index (χ1) is 9.85. The summed E-state index contributed by atoms with van der Waals surface area (Å²) in [7, 11) is 0. The summed E-state index contributed by atoms with van der Waals surface area (Å²) >= 11 is 0. The smallest absolute Gasteiger partial charge is 0.0591 e. The molecule has 3 heteroatoms. The van der Waals surface area contributed by atoms with Crippen molar-refractivity contribution in [2.45, 2.75) is 6.92 Å². The number of benzene rings is 2. The second-order valence-corrected chi connectivity index (χ2v) is 4.68. The minimum atomic E-state index is 0.890. The highest BCUT2D eigenvalue weighted by atomic mass is 14.9. The van der Waals surface area contributed by atoms with Crippen molar-refractivity contribution < 1.29 is 0 Å². The first kappa shape index (κ1) is 12.5. The summed E-state index contributed by atoms with van der Waals surface area (Å²) in [6.45, 7) is 2.96. The zero-order valence-electron chi connectivity index (χ0n) is 11.4. The fourth-order valence-electron chi connectivity index (χ4n) is 2.24. The third kappa shape index (κ3) is 2.72. The van der Waals surface area contributed by atoms with E-state index in [9.17, 15) is 0 Å². The molecule has 0 aliphatic rings. The van der Waals surface area contributed by atoms with E-state index in [1.807, 2.05) is 12.4 Å². The van der Waals surface area contributed by atoms with E-state index in [-0.39, 0.29) is 0 Å². The predicted molar refractivity (Wildman–Crippen MR) is 85.6 cm³/mol. The van der Waals surface area contributed by atoms with Crippen molar-refractivity contribution in [2.24, 2.45) is 0 Å². The lowest BCUT2D eigenvalue weighted by Gasteiger charge is -2.09. The first-order valence-corrected chi connectivity index (χ1v) is 6.80. The van der Waals surface area contributed by atoms with Gasteiger partial charge in [0.1, 0.15) is 0 Å². The molecule has 1 heterocycles. The van der Waals surface area contributed by atoms with Crippen molar-refractivity contribution in [2.75, 3.05) is 17.2 Å². The van der Waals surface area contributed by atoms with Gasteiger partial charge in [-0.2, -0.15) is 0 Å². The van der Waals surface area contributed by atoms with Crippen molar-refractivity contribution in [1.29, 1.82) is 0 Å². The third-order valence-electron chi connectivity index (χ3n) is 3.16. The summed E-state index contributed by atoms with van der Waals surface area (Å²) in [5, 5.41) is 9.13. The van der Waals surface area contributed by atoms with Gasteiger partial charge in [0.05, 0.1) is 23.8 Å². The van der Waals surface area contributed by atoms with E-state index in [0.717, 1.165) is 23.6 Å². The number of anilines is 3. The van der Waals surface area contributed by atoms with E-state index < -0.39 is 0 Å². The first-order valence-electron chi connectivity index (χ1n) is 6.80. The van der Waals surface area contributed by atoms with Crippen LogP contribution in [-0.2, 0) is 0 Å². The summed E-state index contributed by atoms with van der Waals surface area (Å²) in [5.74, 6) is 0. The Morgan fingerprint density at radius 1 is 0.850 bits per heavy atom. The third-order valence-corrected chi connectivity index (χ3v) is 3.16. The number of hydrogen-bond donors (Lipinski definition) is 2. The number of nitrogens with zero attached hydrogens (tertiary/aromatic N) is 1. The molecule has 0 amide bonds. The minimum absolute atomic E-state index is 0.890. The molecule has 0 unspecified atom stereocenters. The lowest BCUT2D eigenvalue weighted by atomic mass is 10.1. The number of pyridine rings is 1. The highest BCUT2D eigenvalue weighted by Gasteiger charge is 1.99. The fraction of sp³-hybridized carbons (Fsp3) is 0.118. The van der Waals surface area contributed by atoms with Crippen LogP contribution in [0.3, 0.4) is 0 Å². The van der Waals surface area contributed by atoms with Crippen LogP contribution in [0.2, 0.25) is 0 Å². The van der Waals surface area contributed by atoms with Gasteiger partial charge in [0, 0.05) is 12.2 Å². The van der Waals surface area contributed by atoms with E-state index >= 15 is 0 Å². The second-order valence-electron chi connectivity index (χ2n) is 4.68. The van der Waals surface area contributed by atoms with Crippen molar-refractivity contribution in [3.8, 4) is 0 Å². The maximum Gasteiger partial charge on any atom is 0.0591 e. The van der Waals surface area contributed by atoms with Gasteiger partial charge in [0.2, 0.25) is 0 Å². The molecule has 2 aromatic carbocycles. The van der Waals surface area contributed by atoms with Crippen LogP contribution in [0.15, 0.2) is 60.9 Å². The highest BCUT2D eigenvalue weighted by molar-refractivity contribution is 5.86. The minimum Gasteiger partial charge on any atom is -0.384 e. The molecular weight excluding hydrogens is 246 g/mol. The summed E-state index contributed by atoms with van der Waals surface area (Å²) in [5.41, 5.74) is 3.08. The van der Waals surface area contributed by atoms with Gasteiger partial charge in [-0.1, -0.05) is 30.3 Å². The van der Waals surface area contributed by atoms with Gasteiger partial charge in [-0.3, -0.25) is 4.98 Å². The maximum absolute atomic E-state index is 4.24. The van der Waals surface area contributed by atoms with Crippen LogP contribution in [-0.4, -0.2) is 11.5 Å². The van der Waals surface area contributed by atoms with Crippen molar-refractivity contribution >= 4 is 27.8 Å². The Bertz CT molecular complexity index is 722. The average Bonchev–Trinajstić information content (AvgIpc) is 2.48. The van der Waals surface area contributed by atoms with Crippen molar-refractivity contribution in [1.82, 2.24) is 4.98 Å². The molecule has 0 bridgehead atoms. The van der Waals surface area contributed by atoms with Crippen LogP contribution >= 0.6 is 0 Å². The fourth-order valence-corrected chi connectivity index (χ4v) is 2.24. The molecule has 0 atom stereocenters. The molecule has 0 aliphatic heterocycles. The van der Waals surface area contributed by atoms with E-state index in [0.29, 0.717) is 0 Å². The zero-order chi connectivity index (χ0) is 13.8. The van der Waals surface area contributed by atoms with Crippen molar-refractivity contribution in [3.05, 3.63) is 60.9 Å². The monoisotopic (exact) mass is 263 g/mol. The lowest BCUT2D eigenvalue weighted by molar-refractivity contribution is 1.19. The number of aromatic nitrogens is 1. The molecule has 3 aromatic rings. The standard InChI is InChI=1S/C17H17N3/c1-2-19-16-10-17(12-18-11-16)20-15-8-7-13-5-3-4-6-14(13)9-15/h3-12,19-20H,2H2,1H3. The second kappa shape index (κ2) is 5.61. The molecule has 0 fully saturated rings. The number of fused-ring (bicyclic) bond motifs is 1. The van der Waals surface area contributed by atoms with Crippen LogP contribution in [0.1, 0.15) is 6.92 Å². The Hall–Kier alpha value is -2.55. The quantitative estimate of drug-likeness (QED) is 0.732. The number of rotatable bonds is 4. The van der Waals surface area contributed by atoms with E-state index in [1.165, 1.54) is 10.8 Å². The molecule has 0 aliphatic carbocycles. The van der Waals surface area contributed by atoms with Crippen LogP contribution in [0.5, 0.6) is 0 Å². The molecule has 0 radical (unpaired) electrons. The topological polar surface area (TPSA) is 37.0 Å². The van der Waals surface area contributed by atoms with Gasteiger partial charge in [-0.25, -0.2) is 0 Å².